The van der Waals surface area contributed by atoms with Crippen LogP contribution in [0.4, 0.5) is 11.4 Å². The van der Waals surface area contributed by atoms with Gasteiger partial charge in [0.05, 0.1) is 15.9 Å². The monoisotopic (exact) mass is 377 g/mol. The fraction of sp³-hybridized carbons (Fsp3) is 0.333. The van der Waals surface area contributed by atoms with Gasteiger partial charge in [-0.15, -0.1) is 0 Å². The van der Waals surface area contributed by atoms with Gasteiger partial charge in [-0.25, -0.2) is 13.1 Å². The van der Waals surface area contributed by atoms with Crippen molar-refractivity contribution in [3.63, 3.8) is 0 Å². The number of anilines is 1. The fourth-order valence-electron chi connectivity index (χ4n) is 2.69. The van der Waals surface area contributed by atoms with Gasteiger partial charge in [-0.05, 0) is 37.1 Å². The Morgan fingerprint density at radius 2 is 1.77 bits per heavy atom. The molecule has 0 bridgehead atoms. The van der Waals surface area contributed by atoms with Crippen LogP contribution < -0.4 is 10.0 Å². The lowest BCUT2D eigenvalue weighted by molar-refractivity contribution is -0.384. The molecule has 0 aliphatic carbocycles. The second kappa shape index (κ2) is 8.29. The number of benzene rings is 2. The van der Waals surface area contributed by atoms with E-state index in [0.29, 0.717) is 11.6 Å². The first-order valence-electron chi connectivity index (χ1n) is 8.28. The summed E-state index contributed by atoms with van der Waals surface area (Å²) >= 11 is 0. The van der Waals surface area contributed by atoms with E-state index in [4.69, 9.17) is 0 Å². The number of rotatable bonds is 8. The van der Waals surface area contributed by atoms with Gasteiger partial charge in [0.2, 0.25) is 10.0 Å². The molecule has 0 fully saturated rings. The first-order chi connectivity index (χ1) is 12.2. The molecular formula is C18H23N3O4S. The lowest BCUT2D eigenvalue weighted by atomic mass is 9.96. The molecule has 140 valence electrons. The molecule has 0 aliphatic heterocycles. The number of sulfonamides is 1. The molecule has 0 saturated heterocycles. The van der Waals surface area contributed by atoms with Gasteiger partial charge < -0.3 is 5.32 Å². The zero-order chi connectivity index (χ0) is 19.3. The average molecular weight is 377 g/mol. The van der Waals surface area contributed by atoms with Crippen molar-refractivity contribution in [2.75, 3.05) is 12.4 Å². The highest BCUT2D eigenvalue weighted by molar-refractivity contribution is 7.89. The molecule has 0 unspecified atom stereocenters. The predicted octanol–water partition coefficient (Wildman–Crippen LogP) is 3.70. The van der Waals surface area contributed by atoms with Crippen molar-refractivity contribution in [1.82, 2.24) is 4.72 Å². The van der Waals surface area contributed by atoms with E-state index in [1.54, 1.807) is 0 Å². The van der Waals surface area contributed by atoms with Crippen LogP contribution in [-0.4, -0.2) is 20.4 Å². The van der Waals surface area contributed by atoms with Crippen molar-refractivity contribution >= 4 is 21.4 Å². The maximum atomic E-state index is 11.9. The second-order valence-corrected chi connectivity index (χ2v) is 8.27. The van der Waals surface area contributed by atoms with E-state index < -0.39 is 14.9 Å². The van der Waals surface area contributed by atoms with Crippen LogP contribution in [0.1, 0.15) is 31.9 Å². The zero-order valence-electron chi connectivity index (χ0n) is 15.0. The summed E-state index contributed by atoms with van der Waals surface area (Å²) in [6.45, 7) is 4.16. The van der Waals surface area contributed by atoms with Gasteiger partial charge in [-0.2, -0.15) is 0 Å². The third kappa shape index (κ3) is 4.80. The van der Waals surface area contributed by atoms with Crippen LogP contribution in [0.15, 0.2) is 53.4 Å². The highest BCUT2D eigenvalue weighted by atomic mass is 32.2. The largest absolute Gasteiger partial charge is 0.373 e. The smallest absolute Gasteiger partial charge is 0.293 e. The molecule has 7 nitrogen and oxygen atoms in total. The minimum absolute atomic E-state index is 0.123. The fourth-order valence-corrected chi connectivity index (χ4v) is 3.44. The Balaban J connectivity index is 2.44. The highest BCUT2D eigenvalue weighted by Gasteiger charge is 2.23. The third-order valence-electron chi connectivity index (χ3n) is 3.98. The van der Waals surface area contributed by atoms with Crippen LogP contribution in [0.3, 0.4) is 0 Å². The Hall–Kier alpha value is -2.45. The van der Waals surface area contributed by atoms with E-state index in [0.717, 1.165) is 18.1 Å². The van der Waals surface area contributed by atoms with Crippen LogP contribution in [0.2, 0.25) is 0 Å². The maximum Gasteiger partial charge on any atom is 0.293 e. The molecule has 0 aromatic heterocycles. The van der Waals surface area contributed by atoms with Crippen LogP contribution in [-0.2, 0) is 10.0 Å². The Bertz CT molecular complexity index is 867. The van der Waals surface area contributed by atoms with Gasteiger partial charge in [-0.1, -0.05) is 44.2 Å². The number of nitro groups is 1. The third-order valence-corrected chi connectivity index (χ3v) is 5.40. The van der Waals surface area contributed by atoms with Crippen molar-refractivity contribution in [3.05, 3.63) is 64.2 Å². The first-order valence-corrected chi connectivity index (χ1v) is 9.76. The quantitative estimate of drug-likeness (QED) is 0.539. The van der Waals surface area contributed by atoms with Gasteiger partial charge >= 0.3 is 0 Å². The number of nitrogens with zero attached hydrogens (tertiary/aromatic N) is 1. The van der Waals surface area contributed by atoms with Gasteiger partial charge in [0.15, 0.2) is 0 Å². The molecule has 1 atom stereocenters. The van der Waals surface area contributed by atoms with E-state index >= 15 is 0 Å². The van der Waals surface area contributed by atoms with Gasteiger partial charge in [-0.3, -0.25) is 10.1 Å². The summed E-state index contributed by atoms with van der Waals surface area (Å²) in [5.41, 5.74) is 1.04. The molecule has 0 spiro atoms. The molecular weight excluding hydrogens is 354 g/mol. The van der Waals surface area contributed by atoms with Crippen LogP contribution >= 0.6 is 0 Å². The standard InChI is InChI=1S/C18H23N3O4S/c1-13(2)11-17(14-7-5-4-6-8-14)20-16-10-9-15(26(24,25)19-3)12-18(16)21(22)23/h4-10,12-13,17,19-20H,11H2,1-3H3/t17-/m1/s1. The lowest BCUT2D eigenvalue weighted by Gasteiger charge is -2.22. The number of nitro benzene ring substituents is 1. The number of hydrogen-bond acceptors (Lipinski definition) is 5. The van der Waals surface area contributed by atoms with E-state index in [2.05, 4.69) is 23.9 Å². The van der Waals surface area contributed by atoms with E-state index in [1.807, 2.05) is 30.3 Å². The molecule has 2 aromatic carbocycles. The SMILES string of the molecule is CNS(=O)(=O)c1ccc(N[C@H](CC(C)C)c2ccccc2)c([N+](=O)[O-])c1. The normalized spacial score (nSPS) is 12.8. The summed E-state index contributed by atoms with van der Waals surface area (Å²) < 4.78 is 26.0. The van der Waals surface area contributed by atoms with Crippen LogP contribution in [0.5, 0.6) is 0 Å². The molecule has 0 aliphatic rings. The first kappa shape index (κ1) is 19.9. The Morgan fingerprint density at radius 1 is 1.12 bits per heavy atom. The van der Waals surface area contributed by atoms with Gasteiger partial charge in [0.1, 0.15) is 5.69 Å². The van der Waals surface area contributed by atoms with Crippen molar-refractivity contribution in [2.24, 2.45) is 5.92 Å². The van der Waals surface area contributed by atoms with Crippen LogP contribution in [0, 0.1) is 16.0 Å². The Morgan fingerprint density at radius 3 is 2.31 bits per heavy atom. The zero-order valence-corrected chi connectivity index (χ0v) is 15.8. The predicted molar refractivity (Wildman–Crippen MR) is 102 cm³/mol. The summed E-state index contributed by atoms with van der Waals surface area (Å²) in [5, 5.41) is 14.7. The summed E-state index contributed by atoms with van der Waals surface area (Å²) in [5.74, 6) is 0.371. The van der Waals surface area contributed by atoms with Crippen molar-refractivity contribution < 1.29 is 13.3 Å². The van der Waals surface area contributed by atoms with Crippen molar-refractivity contribution in [2.45, 2.75) is 31.2 Å². The van der Waals surface area contributed by atoms with Crippen molar-refractivity contribution in [3.8, 4) is 0 Å². The van der Waals surface area contributed by atoms with Gasteiger partial charge in [0.25, 0.3) is 5.69 Å². The molecule has 8 heteroatoms. The molecule has 0 saturated carbocycles. The van der Waals surface area contributed by atoms with Crippen LogP contribution in [0.25, 0.3) is 0 Å². The van der Waals surface area contributed by atoms with Crippen molar-refractivity contribution in [1.29, 1.82) is 0 Å². The second-order valence-electron chi connectivity index (χ2n) is 6.38. The average Bonchev–Trinajstić information content (AvgIpc) is 2.61. The molecule has 26 heavy (non-hydrogen) atoms. The minimum Gasteiger partial charge on any atom is -0.373 e. The molecule has 2 N–H and O–H groups in total. The Kier molecular flexibility index (Phi) is 6.33. The molecule has 0 heterocycles. The Labute approximate surface area is 153 Å². The lowest BCUT2D eigenvalue weighted by Crippen LogP contribution is -2.19. The molecule has 0 amide bonds. The topological polar surface area (TPSA) is 101 Å². The highest BCUT2D eigenvalue weighted by Crippen LogP contribution is 2.33. The minimum atomic E-state index is -3.75. The summed E-state index contributed by atoms with van der Waals surface area (Å²) in [7, 11) is -2.49. The molecule has 0 radical (unpaired) electrons. The summed E-state index contributed by atoms with van der Waals surface area (Å²) in [6.07, 6.45) is 0.776. The maximum absolute atomic E-state index is 11.9. The van der Waals surface area contributed by atoms with E-state index in [9.17, 15) is 18.5 Å². The summed E-state index contributed by atoms with van der Waals surface area (Å²) in [6, 6.07) is 13.4. The van der Waals surface area contributed by atoms with E-state index in [-0.39, 0.29) is 16.6 Å². The number of hydrogen-bond donors (Lipinski definition) is 2. The molecule has 2 rings (SSSR count). The molecule has 2 aromatic rings. The van der Waals surface area contributed by atoms with Gasteiger partial charge in [0, 0.05) is 6.07 Å². The van der Waals surface area contributed by atoms with E-state index in [1.165, 1.54) is 19.2 Å². The summed E-state index contributed by atoms with van der Waals surface area (Å²) in [4.78, 5) is 10.8. The number of nitrogens with one attached hydrogen (secondary N) is 2.